The van der Waals surface area contributed by atoms with Crippen molar-refractivity contribution >= 4 is 23.7 Å². The SMILES string of the molecule is CC(C)n1c(SCC(=O)O)nnc1N1CCCN(C)CC1. The minimum Gasteiger partial charge on any atom is -0.481 e. The van der Waals surface area contributed by atoms with Gasteiger partial charge in [-0.05, 0) is 33.9 Å². The molecule has 8 heteroatoms. The molecule has 1 fully saturated rings. The fourth-order valence-electron chi connectivity index (χ4n) is 2.41. The fourth-order valence-corrected chi connectivity index (χ4v) is 3.19. The first-order valence-electron chi connectivity index (χ1n) is 7.22. The van der Waals surface area contributed by atoms with Crippen molar-refractivity contribution in [2.45, 2.75) is 31.5 Å². The summed E-state index contributed by atoms with van der Waals surface area (Å²) in [6, 6.07) is 0.201. The standard InChI is InChI=1S/C13H23N5O2S/c1-10(2)18-12(14-15-13(18)21-9-11(19)20)17-6-4-5-16(3)7-8-17/h10H,4-9H2,1-3H3,(H,19,20). The number of rotatable bonds is 5. The first kappa shape index (κ1) is 16.1. The van der Waals surface area contributed by atoms with E-state index in [2.05, 4.69) is 40.9 Å². The van der Waals surface area contributed by atoms with Gasteiger partial charge in [-0.2, -0.15) is 0 Å². The van der Waals surface area contributed by atoms with Gasteiger partial charge >= 0.3 is 5.97 Å². The van der Waals surface area contributed by atoms with Crippen LogP contribution in [0.3, 0.4) is 0 Å². The van der Waals surface area contributed by atoms with Crippen molar-refractivity contribution in [3.63, 3.8) is 0 Å². The molecule has 1 aromatic rings. The maximum Gasteiger partial charge on any atom is 0.313 e. The number of thioether (sulfide) groups is 1. The van der Waals surface area contributed by atoms with Gasteiger partial charge in [0, 0.05) is 25.7 Å². The summed E-state index contributed by atoms with van der Waals surface area (Å²) in [5.74, 6) is 0.0255. The molecular formula is C13H23N5O2S. The van der Waals surface area contributed by atoms with E-state index in [0.29, 0.717) is 5.16 Å². The molecule has 2 heterocycles. The summed E-state index contributed by atoms with van der Waals surface area (Å²) in [4.78, 5) is 15.3. The molecule has 7 nitrogen and oxygen atoms in total. The second-order valence-corrected chi connectivity index (χ2v) is 6.52. The van der Waals surface area contributed by atoms with Crippen molar-refractivity contribution < 1.29 is 9.90 Å². The van der Waals surface area contributed by atoms with Gasteiger partial charge in [-0.15, -0.1) is 10.2 Å². The lowest BCUT2D eigenvalue weighted by Gasteiger charge is -2.24. The van der Waals surface area contributed by atoms with Crippen molar-refractivity contribution in [2.24, 2.45) is 0 Å². The number of anilines is 1. The van der Waals surface area contributed by atoms with Gasteiger partial charge in [-0.3, -0.25) is 9.36 Å². The van der Waals surface area contributed by atoms with Crippen molar-refractivity contribution in [3.05, 3.63) is 0 Å². The van der Waals surface area contributed by atoms with Crippen LogP contribution in [0.2, 0.25) is 0 Å². The number of aliphatic carboxylic acids is 1. The normalized spacial score (nSPS) is 17.2. The van der Waals surface area contributed by atoms with Crippen LogP contribution in [0.25, 0.3) is 0 Å². The van der Waals surface area contributed by atoms with Crippen LogP contribution < -0.4 is 4.90 Å². The molecule has 0 spiro atoms. The molecule has 0 unspecified atom stereocenters. The molecule has 118 valence electrons. The predicted octanol–water partition coefficient (Wildman–Crippen LogP) is 1.18. The van der Waals surface area contributed by atoms with E-state index in [1.54, 1.807) is 0 Å². The number of carboxylic acid groups (broad SMARTS) is 1. The average Bonchev–Trinajstić information content (AvgIpc) is 2.72. The molecular weight excluding hydrogens is 290 g/mol. The number of hydrogen-bond donors (Lipinski definition) is 1. The Hall–Kier alpha value is -1.28. The highest BCUT2D eigenvalue weighted by Gasteiger charge is 2.22. The number of aromatic nitrogens is 3. The number of carboxylic acids is 1. The quantitative estimate of drug-likeness (QED) is 0.818. The van der Waals surface area contributed by atoms with Crippen molar-refractivity contribution in [3.8, 4) is 0 Å². The van der Waals surface area contributed by atoms with Crippen LogP contribution in [-0.2, 0) is 4.79 Å². The predicted molar refractivity (Wildman–Crippen MR) is 83.1 cm³/mol. The topological polar surface area (TPSA) is 74.5 Å². The summed E-state index contributed by atoms with van der Waals surface area (Å²) in [5, 5.41) is 18.0. The molecule has 0 aromatic carbocycles. The molecule has 21 heavy (non-hydrogen) atoms. The van der Waals surface area contributed by atoms with E-state index in [0.717, 1.165) is 38.5 Å². The highest BCUT2D eigenvalue weighted by molar-refractivity contribution is 7.99. The van der Waals surface area contributed by atoms with Crippen molar-refractivity contribution in [1.82, 2.24) is 19.7 Å². The minimum absolute atomic E-state index is 0.00753. The summed E-state index contributed by atoms with van der Waals surface area (Å²) in [6.45, 7) is 8.11. The van der Waals surface area contributed by atoms with Gasteiger partial charge < -0.3 is 14.9 Å². The lowest BCUT2D eigenvalue weighted by molar-refractivity contribution is -0.133. The second kappa shape index (κ2) is 7.13. The van der Waals surface area contributed by atoms with Gasteiger partial charge in [0.1, 0.15) is 0 Å². The number of nitrogens with zero attached hydrogens (tertiary/aromatic N) is 5. The van der Waals surface area contributed by atoms with E-state index >= 15 is 0 Å². The Labute approximate surface area is 129 Å². The van der Waals surface area contributed by atoms with E-state index in [9.17, 15) is 4.79 Å². The minimum atomic E-state index is -0.837. The second-order valence-electron chi connectivity index (χ2n) is 5.57. The van der Waals surface area contributed by atoms with Crippen LogP contribution in [-0.4, -0.2) is 69.7 Å². The first-order valence-corrected chi connectivity index (χ1v) is 8.20. The van der Waals surface area contributed by atoms with Gasteiger partial charge in [-0.1, -0.05) is 11.8 Å². The van der Waals surface area contributed by atoms with Gasteiger partial charge in [0.2, 0.25) is 5.95 Å². The summed E-state index contributed by atoms with van der Waals surface area (Å²) in [6.07, 6.45) is 1.10. The lowest BCUT2D eigenvalue weighted by Crippen LogP contribution is -2.31. The maximum atomic E-state index is 10.7. The van der Waals surface area contributed by atoms with Crippen LogP contribution in [0.15, 0.2) is 5.16 Å². The molecule has 1 N–H and O–H groups in total. The van der Waals surface area contributed by atoms with Crippen LogP contribution >= 0.6 is 11.8 Å². The molecule has 0 radical (unpaired) electrons. The smallest absolute Gasteiger partial charge is 0.313 e. The van der Waals surface area contributed by atoms with E-state index in [1.807, 2.05) is 4.57 Å². The molecule has 1 aromatic heterocycles. The van der Waals surface area contributed by atoms with Crippen LogP contribution in [0.5, 0.6) is 0 Å². The van der Waals surface area contributed by atoms with Gasteiger partial charge in [0.05, 0.1) is 5.75 Å². The first-order chi connectivity index (χ1) is 9.99. The Kier molecular flexibility index (Phi) is 5.46. The Balaban J connectivity index is 2.20. The third-order valence-electron chi connectivity index (χ3n) is 3.49. The van der Waals surface area contributed by atoms with Gasteiger partial charge in [-0.25, -0.2) is 0 Å². The average molecular weight is 313 g/mol. The Bertz CT molecular complexity index is 491. The van der Waals surface area contributed by atoms with E-state index < -0.39 is 5.97 Å². The number of likely N-dealkylation sites (N-methyl/N-ethyl adjacent to an activating group) is 1. The highest BCUT2D eigenvalue weighted by atomic mass is 32.2. The molecule has 1 aliphatic rings. The molecule has 0 aliphatic carbocycles. The lowest BCUT2D eigenvalue weighted by atomic mass is 10.4. The summed E-state index contributed by atoms with van der Waals surface area (Å²) in [5.41, 5.74) is 0. The Morgan fingerprint density at radius 3 is 2.71 bits per heavy atom. The molecule has 1 aliphatic heterocycles. The zero-order chi connectivity index (χ0) is 15.4. The van der Waals surface area contributed by atoms with Crippen LogP contribution in [0.4, 0.5) is 5.95 Å². The van der Waals surface area contributed by atoms with Crippen molar-refractivity contribution in [1.29, 1.82) is 0 Å². The molecule has 2 rings (SSSR count). The van der Waals surface area contributed by atoms with E-state index in [-0.39, 0.29) is 11.8 Å². The molecule has 0 bridgehead atoms. The molecule has 0 amide bonds. The van der Waals surface area contributed by atoms with Gasteiger partial charge in [0.25, 0.3) is 0 Å². The summed E-state index contributed by atoms with van der Waals surface area (Å²) < 4.78 is 2.04. The molecule has 1 saturated heterocycles. The zero-order valence-corrected chi connectivity index (χ0v) is 13.6. The van der Waals surface area contributed by atoms with Crippen molar-refractivity contribution in [2.75, 3.05) is 43.9 Å². The third-order valence-corrected chi connectivity index (χ3v) is 4.42. The van der Waals surface area contributed by atoms with Gasteiger partial charge in [0.15, 0.2) is 5.16 Å². The zero-order valence-electron chi connectivity index (χ0n) is 12.8. The molecule has 0 atom stereocenters. The largest absolute Gasteiger partial charge is 0.481 e. The fraction of sp³-hybridized carbons (Fsp3) is 0.769. The monoisotopic (exact) mass is 313 g/mol. The van der Waals surface area contributed by atoms with Crippen LogP contribution in [0.1, 0.15) is 26.3 Å². The van der Waals surface area contributed by atoms with E-state index in [4.69, 9.17) is 5.11 Å². The number of carbonyl (C=O) groups is 1. The Morgan fingerprint density at radius 2 is 2.05 bits per heavy atom. The van der Waals surface area contributed by atoms with E-state index in [1.165, 1.54) is 11.8 Å². The Morgan fingerprint density at radius 1 is 1.29 bits per heavy atom. The summed E-state index contributed by atoms with van der Waals surface area (Å²) in [7, 11) is 2.13. The number of hydrogen-bond acceptors (Lipinski definition) is 6. The third kappa shape index (κ3) is 4.10. The molecule has 0 saturated carbocycles. The van der Waals surface area contributed by atoms with Crippen LogP contribution in [0, 0.1) is 0 Å². The summed E-state index contributed by atoms with van der Waals surface area (Å²) >= 11 is 1.23. The highest BCUT2D eigenvalue weighted by Crippen LogP contribution is 2.26. The maximum absolute atomic E-state index is 10.7.